The average molecular weight is 410 g/mol. The average Bonchev–Trinajstić information content (AvgIpc) is 2.97. The van der Waals surface area contributed by atoms with Crippen molar-refractivity contribution in [2.45, 2.75) is 39.0 Å². The van der Waals surface area contributed by atoms with Crippen LogP contribution in [0.5, 0.6) is 0 Å². The van der Waals surface area contributed by atoms with Gasteiger partial charge in [0.15, 0.2) is 0 Å². The van der Waals surface area contributed by atoms with Crippen molar-refractivity contribution >= 4 is 23.3 Å². The molecule has 6 nitrogen and oxygen atoms in total. The third-order valence-electron chi connectivity index (χ3n) is 5.17. The third-order valence-corrected chi connectivity index (χ3v) is 5.17. The Kier molecular flexibility index (Phi) is 8.27. The number of hydrogen-bond acceptors (Lipinski definition) is 3. The molecule has 3 amide bonds. The Hall–Kier alpha value is -2.86. The van der Waals surface area contributed by atoms with Crippen LogP contribution in [0.1, 0.15) is 37.3 Å². The number of ether oxygens (including phenoxy) is 1. The third kappa shape index (κ3) is 6.32. The lowest BCUT2D eigenvalue weighted by Crippen LogP contribution is -2.35. The Bertz CT molecular complexity index is 836. The summed E-state index contributed by atoms with van der Waals surface area (Å²) in [5.74, 6) is -0.00976. The lowest BCUT2D eigenvalue weighted by molar-refractivity contribution is -0.120. The number of rotatable bonds is 8. The van der Waals surface area contributed by atoms with Crippen molar-refractivity contribution in [2.75, 3.05) is 36.5 Å². The van der Waals surface area contributed by atoms with Crippen LogP contribution in [0.3, 0.4) is 0 Å². The molecule has 0 bridgehead atoms. The summed E-state index contributed by atoms with van der Waals surface area (Å²) in [6.07, 6.45) is 4.21. The molecule has 2 aromatic carbocycles. The fraction of sp³-hybridized carbons (Fsp3) is 0.417. The number of carbonyl (C=O) groups excluding carboxylic acids is 2. The van der Waals surface area contributed by atoms with Gasteiger partial charge in [0, 0.05) is 37.7 Å². The summed E-state index contributed by atoms with van der Waals surface area (Å²) in [5.41, 5.74) is 3.84. The predicted molar refractivity (Wildman–Crippen MR) is 120 cm³/mol. The molecule has 30 heavy (non-hydrogen) atoms. The van der Waals surface area contributed by atoms with Crippen molar-refractivity contribution in [3.8, 4) is 0 Å². The largest absolute Gasteiger partial charge is 0.382 e. The standard InChI is InChI=1S/C24H31N3O3/c1-2-30-17-7-15-25-23(28)18-19-11-13-21(14-12-19)26-24(29)27-16-6-5-9-20-8-3-4-10-22(20)27/h3-4,8,10-14H,2,5-7,9,15-18H2,1H3,(H,25,28)(H,26,29). The first-order valence-electron chi connectivity index (χ1n) is 10.8. The zero-order valence-electron chi connectivity index (χ0n) is 17.7. The second-order valence-electron chi connectivity index (χ2n) is 7.44. The predicted octanol–water partition coefficient (Wildman–Crippen LogP) is 4.15. The van der Waals surface area contributed by atoms with Crippen LogP contribution in [0, 0.1) is 0 Å². The summed E-state index contributed by atoms with van der Waals surface area (Å²) in [7, 11) is 0. The van der Waals surface area contributed by atoms with E-state index in [1.807, 2.05) is 54.3 Å². The van der Waals surface area contributed by atoms with E-state index in [0.29, 0.717) is 32.7 Å². The van der Waals surface area contributed by atoms with Gasteiger partial charge in [-0.1, -0.05) is 30.3 Å². The van der Waals surface area contributed by atoms with E-state index in [-0.39, 0.29) is 11.9 Å². The van der Waals surface area contributed by atoms with Gasteiger partial charge < -0.3 is 15.4 Å². The summed E-state index contributed by atoms with van der Waals surface area (Å²) in [6.45, 7) is 4.64. The van der Waals surface area contributed by atoms with Gasteiger partial charge >= 0.3 is 6.03 Å². The molecule has 0 fully saturated rings. The molecule has 0 unspecified atom stereocenters. The minimum absolute atomic E-state index is 0.00976. The van der Waals surface area contributed by atoms with Crippen LogP contribution < -0.4 is 15.5 Å². The number of hydrogen-bond donors (Lipinski definition) is 2. The van der Waals surface area contributed by atoms with Crippen molar-refractivity contribution in [3.05, 3.63) is 59.7 Å². The van der Waals surface area contributed by atoms with E-state index in [0.717, 1.165) is 42.6 Å². The van der Waals surface area contributed by atoms with Crippen LogP contribution in [0.2, 0.25) is 0 Å². The molecule has 1 aliphatic rings. The first kappa shape index (κ1) is 21.8. The van der Waals surface area contributed by atoms with Gasteiger partial charge in [0.25, 0.3) is 0 Å². The van der Waals surface area contributed by atoms with Gasteiger partial charge in [-0.15, -0.1) is 0 Å². The maximum Gasteiger partial charge on any atom is 0.326 e. The highest BCUT2D eigenvalue weighted by Crippen LogP contribution is 2.26. The van der Waals surface area contributed by atoms with Crippen molar-refractivity contribution in [1.82, 2.24) is 5.32 Å². The molecule has 160 valence electrons. The fourth-order valence-corrected chi connectivity index (χ4v) is 3.59. The summed E-state index contributed by atoms with van der Waals surface area (Å²) in [4.78, 5) is 26.7. The van der Waals surface area contributed by atoms with Gasteiger partial charge in [0.2, 0.25) is 5.91 Å². The maximum absolute atomic E-state index is 12.9. The van der Waals surface area contributed by atoms with Crippen molar-refractivity contribution in [3.63, 3.8) is 0 Å². The molecule has 0 aromatic heterocycles. The van der Waals surface area contributed by atoms with Gasteiger partial charge in [-0.3, -0.25) is 9.69 Å². The van der Waals surface area contributed by atoms with Crippen molar-refractivity contribution in [1.29, 1.82) is 0 Å². The zero-order chi connectivity index (χ0) is 21.2. The second kappa shape index (κ2) is 11.4. The van der Waals surface area contributed by atoms with Crippen LogP contribution in [-0.4, -0.2) is 38.2 Å². The molecule has 1 heterocycles. The molecule has 0 saturated heterocycles. The molecular weight excluding hydrogens is 378 g/mol. The number of nitrogens with zero attached hydrogens (tertiary/aromatic N) is 1. The van der Waals surface area contributed by atoms with Crippen molar-refractivity contribution in [2.24, 2.45) is 0 Å². The lowest BCUT2D eigenvalue weighted by atomic mass is 10.1. The Morgan fingerprint density at radius 2 is 1.87 bits per heavy atom. The minimum Gasteiger partial charge on any atom is -0.382 e. The number of benzene rings is 2. The highest BCUT2D eigenvalue weighted by atomic mass is 16.5. The highest BCUT2D eigenvalue weighted by Gasteiger charge is 2.20. The first-order chi connectivity index (χ1) is 14.7. The Labute approximate surface area is 178 Å². The molecule has 0 radical (unpaired) electrons. The van der Waals surface area contributed by atoms with Crippen LogP contribution in [0.25, 0.3) is 0 Å². The van der Waals surface area contributed by atoms with Crippen LogP contribution in [0.4, 0.5) is 16.2 Å². The first-order valence-corrected chi connectivity index (χ1v) is 10.8. The summed E-state index contributed by atoms with van der Waals surface area (Å²) in [6, 6.07) is 15.4. The van der Waals surface area contributed by atoms with Gasteiger partial charge in [-0.2, -0.15) is 0 Å². The lowest BCUT2D eigenvalue weighted by Gasteiger charge is -2.23. The molecule has 2 N–H and O–H groups in total. The quantitative estimate of drug-likeness (QED) is 0.644. The monoisotopic (exact) mass is 409 g/mol. The highest BCUT2D eigenvalue weighted by molar-refractivity contribution is 6.02. The maximum atomic E-state index is 12.9. The topological polar surface area (TPSA) is 70.7 Å². The number of para-hydroxylation sites is 1. The molecule has 3 rings (SSSR count). The number of fused-ring (bicyclic) bond motifs is 1. The zero-order valence-corrected chi connectivity index (χ0v) is 17.7. The Balaban J connectivity index is 1.52. The normalized spacial score (nSPS) is 13.3. The number of urea groups is 1. The molecule has 2 aromatic rings. The Morgan fingerprint density at radius 1 is 1.07 bits per heavy atom. The SMILES string of the molecule is CCOCCCNC(=O)Cc1ccc(NC(=O)N2CCCCc3ccccc32)cc1. The molecule has 6 heteroatoms. The number of nitrogens with one attached hydrogen (secondary N) is 2. The van der Waals surface area contributed by atoms with E-state index in [9.17, 15) is 9.59 Å². The van der Waals surface area contributed by atoms with Gasteiger partial charge in [0.1, 0.15) is 0 Å². The fourth-order valence-electron chi connectivity index (χ4n) is 3.59. The smallest absolute Gasteiger partial charge is 0.326 e. The summed E-state index contributed by atoms with van der Waals surface area (Å²) >= 11 is 0. The number of carbonyl (C=O) groups is 2. The number of aryl methyl sites for hydroxylation is 1. The molecule has 1 aliphatic heterocycles. The Morgan fingerprint density at radius 3 is 2.67 bits per heavy atom. The summed E-state index contributed by atoms with van der Waals surface area (Å²) in [5, 5.41) is 5.89. The van der Waals surface area contributed by atoms with Crippen LogP contribution in [0.15, 0.2) is 48.5 Å². The van der Waals surface area contributed by atoms with Gasteiger partial charge in [-0.25, -0.2) is 4.79 Å². The van der Waals surface area contributed by atoms with E-state index in [2.05, 4.69) is 16.7 Å². The van der Waals surface area contributed by atoms with E-state index in [1.165, 1.54) is 5.56 Å². The van der Waals surface area contributed by atoms with E-state index in [4.69, 9.17) is 4.74 Å². The van der Waals surface area contributed by atoms with Crippen LogP contribution >= 0.6 is 0 Å². The van der Waals surface area contributed by atoms with Crippen LogP contribution in [-0.2, 0) is 22.4 Å². The van der Waals surface area contributed by atoms with E-state index in [1.54, 1.807) is 0 Å². The van der Waals surface area contributed by atoms with E-state index < -0.39 is 0 Å². The van der Waals surface area contributed by atoms with E-state index >= 15 is 0 Å². The molecule has 0 aliphatic carbocycles. The second-order valence-corrected chi connectivity index (χ2v) is 7.44. The van der Waals surface area contributed by atoms with Gasteiger partial charge in [0.05, 0.1) is 6.42 Å². The number of amides is 3. The summed E-state index contributed by atoms with van der Waals surface area (Å²) < 4.78 is 5.26. The molecular formula is C24H31N3O3. The molecule has 0 atom stereocenters. The van der Waals surface area contributed by atoms with Gasteiger partial charge in [-0.05, 0) is 61.9 Å². The van der Waals surface area contributed by atoms with Crippen molar-refractivity contribution < 1.29 is 14.3 Å². The molecule has 0 saturated carbocycles. The minimum atomic E-state index is -0.121. The molecule has 0 spiro atoms. The number of anilines is 2.